The van der Waals surface area contributed by atoms with Crippen LogP contribution >= 0.6 is 34.7 Å². The van der Waals surface area contributed by atoms with Crippen molar-refractivity contribution in [3.8, 4) is 11.3 Å². The third-order valence-electron chi connectivity index (χ3n) is 3.35. The van der Waals surface area contributed by atoms with Crippen LogP contribution in [0.15, 0.2) is 52.7 Å². The summed E-state index contributed by atoms with van der Waals surface area (Å²) < 4.78 is 38.8. The van der Waals surface area contributed by atoms with Gasteiger partial charge in [-0.15, -0.1) is 23.1 Å². The summed E-state index contributed by atoms with van der Waals surface area (Å²) in [6, 6.07) is 11.2. The van der Waals surface area contributed by atoms with Gasteiger partial charge < -0.3 is 5.32 Å². The summed E-state index contributed by atoms with van der Waals surface area (Å²) in [5.74, 6) is 0. The predicted molar refractivity (Wildman–Crippen MR) is 99.1 cm³/mol. The van der Waals surface area contributed by atoms with Crippen molar-refractivity contribution in [3.63, 3.8) is 0 Å². The quantitative estimate of drug-likeness (QED) is 0.480. The average Bonchev–Trinajstić information content (AvgIpc) is 3.02. The van der Waals surface area contributed by atoms with Crippen LogP contribution in [0.3, 0.4) is 0 Å². The standard InChI is InChI=1S/C17H12ClF3N2S2/c1-24-14-4-2-3-13(8-14)22-16-23-15(9-25-16)10-5-11(17(19,20)21)7-12(18)6-10/h2-9H,1H3,(H,22,23). The second-order valence-corrected chi connectivity index (χ2v) is 7.30. The maximum atomic E-state index is 12.9. The Morgan fingerprint density at radius 3 is 2.68 bits per heavy atom. The lowest BCUT2D eigenvalue weighted by atomic mass is 10.1. The number of halogens is 4. The fourth-order valence-electron chi connectivity index (χ4n) is 2.19. The Labute approximate surface area is 156 Å². The zero-order valence-corrected chi connectivity index (χ0v) is 15.3. The van der Waals surface area contributed by atoms with Gasteiger partial charge in [-0.2, -0.15) is 13.2 Å². The van der Waals surface area contributed by atoms with Crippen LogP contribution < -0.4 is 5.32 Å². The highest BCUT2D eigenvalue weighted by Gasteiger charge is 2.31. The first-order valence-electron chi connectivity index (χ1n) is 7.10. The van der Waals surface area contributed by atoms with Crippen LogP contribution in [0, 0.1) is 0 Å². The molecule has 0 atom stereocenters. The summed E-state index contributed by atoms with van der Waals surface area (Å²) >= 11 is 8.77. The van der Waals surface area contributed by atoms with Crippen molar-refractivity contribution >= 4 is 45.5 Å². The first-order valence-corrected chi connectivity index (χ1v) is 9.58. The van der Waals surface area contributed by atoms with Crippen LogP contribution in [0.1, 0.15) is 5.56 Å². The van der Waals surface area contributed by atoms with Gasteiger partial charge in [-0.1, -0.05) is 17.7 Å². The van der Waals surface area contributed by atoms with Gasteiger partial charge in [0.05, 0.1) is 11.3 Å². The van der Waals surface area contributed by atoms with E-state index in [0.717, 1.165) is 22.7 Å². The molecule has 25 heavy (non-hydrogen) atoms. The van der Waals surface area contributed by atoms with Gasteiger partial charge in [0.15, 0.2) is 5.13 Å². The van der Waals surface area contributed by atoms with Gasteiger partial charge in [-0.25, -0.2) is 4.98 Å². The number of nitrogens with one attached hydrogen (secondary N) is 1. The molecule has 3 rings (SSSR count). The maximum absolute atomic E-state index is 12.9. The van der Waals surface area contributed by atoms with E-state index in [2.05, 4.69) is 10.3 Å². The van der Waals surface area contributed by atoms with Crippen molar-refractivity contribution < 1.29 is 13.2 Å². The highest BCUT2D eigenvalue weighted by atomic mass is 35.5. The molecule has 2 nitrogen and oxygen atoms in total. The van der Waals surface area contributed by atoms with Crippen molar-refractivity contribution in [2.45, 2.75) is 11.1 Å². The third-order valence-corrected chi connectivity index (χ3v) is 5.05. The highest BCUT2D eigenvalue weighted by molar-refractivity contribution is 7.98. The molecule has 3 aromatic rings. The van der Waals surface area contributed by atoms with Gasteiger partial charge in [0.25, 0.3) is 0 Å². The molecule has 1 heterocycles. The van der Waals surface area contributed by atoms with Gasteiger partial charge in [-0.05, 0) is 42.7 Å². The van der Waals surface area contributed by atoms with Crippen LogP contribution in [0.5, 0.6) is 0 Å². The molecule has 0 aliphatic rings. The topological polar surface area (TPSA) is 24.9 Å². The molecule has 0 unspecified atom stereocenters. The molecular formula is C17H12ClF3N2S2. The molecule has 130 valence electrons. The third kappa shape index (κ3) is 4.48. The van der Waals surface area contributed by atoms with Crippen molar-refractivity contribution in [1.29, 1.82) is 0 Å². The smallest absolute Gasteiger partial charge is 0.332 e. The van der Waals surface area contributed by atoms with E-state index >= 15 is 0 Å². The minimum absolute atomic E-state index is 0.0278. The Kier molecular flexibility index (Phi) is 5.27. The highest BCUT2D eigenvalue weighted by Crippen LogP contribution is 2.36. The van der Waals surface area contributed by atoms with Gasteiger partial charge >= 0.3 is 6.18 Å². The molecule has 8 heteroatoms. The van der Waals surface area contributed by atoms with Crippen molar-refractivity contribution in [3.05, 3.63) is 58.4 Å². The first kappa shape index (κ1) is 18.1. The van der Waals surface area contributed by atoms with Crippen LogP contribution in [0.25, 0.3) is 11.3 Å². The number of nitrogens with zero attached hydrogens (tertiary/aromatic N) is 1. The van der Waals surface area contributed by atoms with Gasteiger partial charge in [0, 0.05) is 26.5 Å². The van der Waals surface area contributed by atoms with E-state index in [1.807, 2.05) is 30.5 Å². The molecule has 0 fully saturated rings. The Hall–Kier alpha value is -1.70. The molecule has 0 spiro atoms. The monoisotopic (exact) mass is 400 g/mol. The summed E-state index contributed by atoms with van der Waals surface area (Å²) in [6.07, 6.45) is -2.47. The summed E-state index contributed by atoms with van der Waals surface area (Å²) in [4.78, 5) is 5.47. The minimum Gasteiger partial charge on any atom is -0.332 e. The van der Waals surface area contributed by atoms with Crippen molar-refractivity contribution in [1.82, 2.24) is 4.98 Å². The van der Waals surface area contributed by atoms with E-state index in [1.54, 1.807) is 17.1 Å². The van der Waals surface area contributed by atoms with E-state index < -0.39 is 11.7 Å². The van der Waals surface area contributed by atoms with Crippen LogP contribution in [-0.2, 0) is 6.18 Å². The summed E-state index contributed by atoms with van der Waals surface area (Å²) in [6.45, 7) is 0. The minimum atomic E-state index is -4.45. The molecule has 1 aromatic heterocycles. The normalized spacial score (nSPS) is 11.6. The summed E-state index contributed by atoms with van der Waals surface area (Å²) in [5.41, 5.74) is 0.864. The molecule has 1 N–H and O–H groups in total. The van der Waals surface area contributed by atoms with Crippen LogP contribution in [0.4, 0.5) is 24.0 Å². The second-order valence-electron chi connectivity index (χ2n) is 5.12. The largest absolute Gasteiger partial charge is 0.416 e. The van der Waals surface area contributed by atoms with Gasteiger partial charge in [0.1, 0.15) is 0 Å². The van der Waals surface area contributed by atoms with E-state index in [4.69, 9.17) is 11.6 Å². The molecular weight excluding hydrogens is 389 g/mol. The number of rotatable bonds is 4. The molecule has 0 amide bonds. The Morgan fingerprint density at radius 2 is 1.96 bits per heavy atom. The number of anilines is 2. The average molecular weight is 401 g/mol. The lowest BCUT2D eigenvalue weighted by molar-refractivity contribution is -0.137. The fraction of sp³-hybridized carbons (Fsp3) is 0.118. The molecule has 0 radical (unpaired) electrons. The van der Waals surface area contributed by atoms with Crippen LogP contribution in [0.2, 0.25) is 5.02 Å². The van der Waals surface area contributed by atoms with E-state index in [1.165, 1.54) is 17.4 Å². The lowest BCUT2D eigenvalue weighted by Crippen LogP contribution is -2.04. The molecule has 0 saturated heterocycles. The lowest BCUT2D eigenvalue weighted by Gasteiger charge is -2.08. The Morgan fingerprint density at radius 1 is 1.16 bits per heavy atom. The number of benzene rings is 2. The van der Waals surface area contributed by atoms with Crippen molar-refractivity contribution in [2.24, 2.45) is 0 Å². The maximum Gasteiger partial charge on any atom is 0.416 e. The van der Waals surface area contributed by atoms with E-state index in [9.17, 15) is 13.2 Å². The van der Waals surface area contributed by atoms with Crippen LogP contribution in [-0.4, -0.2) is 11.2 Å². The van der Waals surface area contributed by atoms with E-state index in [0.29, 0.717) is 16.4 Å². The van der Waals surface area contributed by atoms with E-state index in [-0.39, 0.29) is 5.02 Å². The second kappa shape index (κ2) is 7.27. The zero-order valence-electron chi connectivity index (χ0n) is 12.9. The zero-order chi connectivity index (χ0) is 18.0. The molecule has 0 aliphatic carbocycles. The molecule has 0 bridgehead atoms. The SMILES string of the molecule is CSc1cccc(Nc2nc(-c3cc(Cl)cc(C(F)(F)F)c3)cs2)c1. The van der Waals surface area contributed by atoms with Gasteiger partial charge in [-0.3, -0.25) is 0 Å². The number of hydrogen-bond donors (Lipinski definition) is 1. The predicted octanol–water partition coefficient (Wildman–Crippen LogP) is 6.95. The number of thiazole rings is 1. The van der Waals surface area contributed by atoms with Gasteiger partial charge in [0.2, 0.25) is 0 Å². The Balaban J connectivity index is 1.87. The molecule has 0 aliphatic heterocycles. The first-order chi connectivity index (χ1) is 11.8. The number of hydrogen-bond acceptors (Lipinski definition) is 4. The molecule has 0 saturated carbocycles. The number of thioether (sulfide) groups is 1. The number of alkyl halides is 3. The summed E-state index contributed by atoms with van der Waals surface area (Å²) in [5, 5.41) is 5.49. The Bertz CT molecular complexity index is 894. The molecule has 2 aromatic carbocycles. The number of aromatic nitrogens is 1. The summed E-state index contributed by atoms with van der Waals surface area (Å²) in [7, 11) is 0. The van der Waals surface area contributed by atoms with Crippen molar-refractivity contribution in [2.75, 3.05) is 11.6 Å². The fourth-order valence-corrected chi connectivity index (χ4v) is 3.62.